The molecule has 0 fully saturated rings. The molecule has 0 bridgehead atoms. The zero-order valence-electron chi connectivity index (χ0n) is 13.8. The number of fused-ring (bicyclic) bond motifs is 1. The van der Waals surface area contributed by atoms with Crippen LogP contribution in [0, 0.1) is 0 Å². The van der Waals surface area contributed by atoms with Gasteiger partial charge in [0.15, 0.2) is 17.5 Å². The van der Waals surface area contributed by atoms with E-state index < -0.39 is 6.61 Å². The standard InChI is InChI=1S/C17H18F2N4O3/c18-16(19)26-13-4-2-12(21-10-13)9-22-17(20)23-11-3-5-14-15(8-11)25-7-1-6-24-14/h2-5,8,10,16H,1,6-7,9H2,(H3,20,22,23). The predicted molar refractivity (Wildman–Crippen MR) is 91.9 cm³/mol. The highest BCUT2D eigenvalue weighted by Gasteiger charge is 2.11. The molecule has 1 aromatic heterocycles. The Hall–Kier alpha value is -3.10. The maximum Gasteiger partial charge on any atom is 0.387 e. The van der Waals surface area contributed by atoms with Gasteiger partial charge in [0.25, 0.3) is 0 Å². The summed E-state index contributed by atoms with van der Waals surface area (Å²) >= 11 is 0. The third kappa shape index (κ3) is 4.95. The van der Waals surface area contributed by atoms with Gasteiger partial charge in [0, 0.05) is 18.2 Å². The fourth-order valence-corrected chi connectivity index (χ4v) is 2.27. The second kappa shape index (κ2) is 8.32. The van der Waals surface area contributed by atoms with Crippen LogP contribution in [0.3, 0.4) is 0 Å². The molecule has 1 aliphatic heterocycles. The predicted octanol–water partition coefficient (Wildman–Crippen LogP) is 2.77. The number of guanidine groups is 1. The van der Waals surface area contributed by atoms with Gasteiger partial charge in [-0.2, -0.15) is 8.78 Å². The molecular formula is C17H18F2N4O3. The third-order valence-corrected chi connectivity index (χ3v) is 3.45. The first kappa shape index (κ1) is 17.7. The second-order valence-electron chi connectivity index (χ2n) is 5.40. The molecule has 7 nitrogen and oxygen atoms in total. The Labute approximate surface area is 148 Å². The first-order chi connectivity index (χ1) is 12.6. The summed E-state index contributed by atoms with van der Waals surface area (Å²) in [5.74, 6) is 1.52. The monoisotopic (exact) mass is 364 g/mol. The van der Waals surface area contributed by atoms with E-state index >= 15 is 0 Å². The number of hydrogen-bond acceptors (Lipinski definition) is 5. The summed E-state index contributed by atoms with van der Waals surface area (Å²) in [6, 6.07) is 8.35. The van der Waals surface area contributed by atoms with E-state index in [1.807, 2.05) is 6.07 Å². The number of halogens is 2. The quantitative estimate of drug-likeness (QED) is 0.626. The number of rotatable bonds is 5. The smallest absolute Gasteiger partial charge is 0.387 e. The van der Waals surface area contributed by atoms with Gasteiger partial charge in [-0.1, -0.05) is 0 Å². The van der Waals surface area contributed by atoms with Crippen molar-refractivity contribution in [2.45, 2.75) is 19.6 Å². The maximum atomic E-state index is 12.1. The Bertz CT molecular complexity index is 769. The lowest BCUT2D eigenvalue weighted by molar-refractivity contribution is -0.0500. The lowest BCUT2D eigenvalue weighted by Crippen LogP contribution is -2.22. The fourth-order valence-electron chi connectivity index (χ4n) is 2.27. The van der Waals surface area contributed by atoms with E-state index in [0.717, 1.165) is 6.42 Å². The van der Waals surface area contributed by atoms with Gasteiger partial charge in [0.1, 0.15) is 5.75 Å². The van der Waals surface area contributed by atoms with Crippen LogP contribution in [0.25, 0.3) is 0 Å². The number of anilines is 1. The van der Waals surface area contributed by atoms with Crippen LogP contribution in [0.15, 0.2) is 41.5 Å². The largest absolute Gasteiger partial charge is 0.490 e. The molecule has 2 aromatic rings. The Morgan fingerprint density at radius 2 is 2.04 bits per heavy atom. The molecular weight excluding hydrogens is 346 g/mol. The fraction of sp³-hybridized carbons (Fsp3) is 0.294. The Kier molecular flexibility index (Phi) is 5.67. The van der Waals surface area contributed by atoms with E-state index in [2.05, 4.69) is 20.0 Å². The van der Waals surface area contributed by atoms with E-state index in [-0.39, 0.29) is 18.3 Å². The van der Waals surface area contributed by atoms with Crippen molar-refractivity contribution in [1.29, 1.82) is 0 Å². The topological polar surface area (TPSA) is 91.0 Å². The van der Waals surface area contributed by atoms with Crippen LogP contribution in [-0.2, 0) is 6.54 Å². The van der Waals surface area contributed by atoms with Crippen molar-refractivity contribution in [3.63, 3.8) is 0 Å². The number of nitrogens with zero attached hydrogens (tertiary/aromatic N) is 2. The van der Waals surface area contributed by atoms with E-state index in [4.69, 9.17) is 15.2 Å². The molecule has 1 aromatic carbocycles. The summed E-state index contributed by atoms with van der Waals surface area (Å²) in [7, 11) is 0. The van der Waals surface area contributed by atoms with Crippen LogP contribution in [-0.4, -0.2) is 30.8 Å². The third-order valence-electron chi connectivity index (χ3n) is 3.45. The number of benzene rings is 1. The summed E-state index contributed by atoms with van der Waals surface area (Å²) in [4.78, 5) is 8.16. The number of aromatic nitrogens is 1. The molecule has 3 N–H and O–H groups in total. The zero-order chi connectivity index (χ0) is 18.4. The number of hydrogen-bond donors (Lipinski definition) is 2. The molecule has 0 aliphatic carbocycles. The number of aliphatic imine (C=N–C) groups is 1. The first-order valence-corrected chi connectivity index (χ1v) is 7.96. The van der Waals surface area contributed by atoms with Crippen LogP contribution < -0.4 is 25.3 Å². The molecule has 0 unspecified atom stereocenters. The summed E-state index contributed by atoms with van der Waals surface area (Å²) in [6.07, 6.45) is 2.04. The van der Waals surface area contributed by atoms with Gasteiger partial charge in [-0.25, -0.2) is 4.99 Å². The van der Waals surface area contributed by atoms with Gasteiger partial charge >= 0.3 is 6.61 Å². The van der Waals surface area contributed by atoms with E-state index in [9.17, 15) is 8.78 Å². The van der Waals surface area contributed by atoms with Crippen LogP contribution in [0.1, 0.15) is 12.1 Å². The van der Waals surface area contributed by atoms with Gasteiger partial charge in [0.2, 0.25) is 0 Å². The molecule has 0 amide bonds. The SMILES string of the molecule is NC(=NCc1ccc(OC(F)F)cn1)Nc1ccc2c(c1)OCCCO2. The summed E-state index contributed by atoms with van der Waals surface area (Å²) in [6.45, 7) is -1.47. The van der Waals surface area contributed by atoms with Gasteiger partial charge in [0.05, 0.1) is 31.6 Å². The van der Waals surface area contributed by atoms with E-state index in [1.54, 1.807) is 18.2 Å². The average molecular weight is 364 g/mol. The van der Waals surface area contributed by atoms with E-state index in [1.165, 1.54) is 12.3 Å². The molecule has 0 spiro atoms. The molecule has 9 heteroatoms. The minimum Gasteiger partial charge on any atom is -0.490 e. The number of pyridine rings is 1. The molecule has 0 saturated heterocycles. The minimum absolute atomic E-state index is 0.00831. The Morgan fingerprint density at radius 3 is 2.77 bits per heavy atom. The molecule has 1 aliphatic rings. The van der Waals surface area contributed by atoms with Crippen LogP contribution in [0.4, 0.5) is 14.5 Å². The van der Waals surface area contributed by atoms with Crippen LogP contribution in [0.2, 0.25) is 0 Å². The van der Waals surface area contributed by atoms with Crippen LogP contribution >= 0.6 is 0 Å². The van der Waals surface area contributed by atoms with Gasteiger partial charge < -0.3 is 25.3 Å². The number of alkyl halides is 2. The van der Waals surface area contributed by atoms with Gasteiger partial charge in [-0.3, -0.25) is 4.98 Å². The molecule has 2 heterocycles. The Balaban J connectivity index is 1.59. The number of nitrogens with one attached hydrogen (secondary N) is 1. The summed E-state index contributed by atoms with van der Waals surface area (Å²) in [5.41, 5.74) is 7.15. The second-order valence-corrected chi connectivity index (χ2v) is 5.40. The molecule has 138 valence electrons. The lowest BCUT2D eigenvalue weighted by atomic mass is 10.3. The highest BCUT2D eigenvalue weighted by atomic mass is 19.3. The normalized spacial score (nSPS) is 14.0. The van der Waals surface area contributed by atoms with Crippen molar-refractivity contribution in [1.82, 2.24) is 4.98 Å². The van der Waals surface area contributed by atoms with Gasteiger partial charge in [-0.05, 0) is 24.3 Å². The maximum absolute atomic E-state index is 12.1. The zero-order valence-corrected chi connectivity index (χ0v) is 13.8. The van der Waals surface area contributed by atoms with Crippen molar-refractivity contribution in [3.05, 3.63) is 42.2 Å². The van der Waals surface area contributed by atoms with Crippen molar-refractivity contribution in [2.75, 3.05) is 18.5 Å². The molecule has 3 rings (SSSR count). The van der Waals surface area contributed by atoms with E-state index in [0.29, 0.717) is 36.1 Å². The molecule has 0 saturated carbocycles. The molecule has 0 atom stereocenters. The number of nitrogens with two attached hydrogens (primary N) is 1. The van der Waals surface area contributed by atoms with Crippen molar-refractivity contribution in [3.8, 4) is 17.2 Å². The lowest BCUT2D eigenvalue weighted by Gasteiger charge is -2.10. The summed E-state index contributed by atoms with van der Waals surface area (Å²) < 4.78 is 39.6. The van der Waals surface area contributed by atoms with Crippen LogP contribution in [0.5, 0.6) is 17.2 Å². The van der Waals surface area contributed by atoms with Crippen molar-refractivity contribution in [2.24, 2.45) is 10.7 Å². The number of ether oxygens (including phenoxy) is 3. The highest BCUT2D eigenvalue weighted by molar-refractivity contribution is 5.92. The summed E-state index contributed by atoms with van der Waals surface area (Å²) in [5, 5.41) is 2.96. The Morgan fingerprint density at radius 1 is 1.23 bits per heavy atom. The highest BCUT2D eigenvalue weighted by Crippen LogP contribution is 2.32. The van der Waals surface area contributed by atoms with Crippen molar-refractivity contribution < 1.29 is 23.0 Å². The van der Waals surface area contributed by atoms with Gasteiger partial charge in [-0.15, -0.1) is 0 Å². The molecule has 26 heavy (non-hydrogen) atoms. The first-order valence-electron chi connectivity index (χ1n) is 7.96. The average Bonchev–Trinajstić information content (AvgIpc) is 2.85. The minimum atomic E-state index is -2.88. The van der Waals surface area contributed by atoms with Crippen molar-refractivity contribution >= 4 is 11.6 Å². The molecule has 0 radical (unpaired) electrons.